The van der Waals surface area contributed by atoms with E-state index in [1.54, 1.807) is 59.5 Å². The molecule has 5 aromatic rings. The van der Waals surface area contributed by atoms with Crippen LogP contribution in [0.4, 0.5) is 5.69 Å². The molecule has 0 atom stereocenters. The van der Waals surface area contributed by atoms with Gasteiger partial charge in [-0.25, -0.2) is 8.42 Å². The zero-order valence-corrected chi connectivity index (χ0v) is 22.8. The van der Waals surface area contributed by atoms with Crippen LogP contribution in [0.3, 0.4) is 0 Å². The summed E-state index contributed by atoms with van der Waals surface area (Å²) in [4.78, 5) is 16.2. The molecule has 0 radical (unpaired) electrons. The molecule has 0 heterocycles. The molecule has 200 valence electrons. The van der Waals surface area contributed by atoms with Crippen LogP contribution >= 0.6 is 0 Å². The number of benzene rings is 5. The van der Waals surface area contributed by atoms with E-state index in [0.29, 0.717) is 24.3 Å². The highest BCUT2D eigenvalue weighted by Crippen LogP contribution is 2.30. The Bertz CT molecular complexity index is 1600. The minimum absolute atomic E-state index is 0.0831. The van der Waals surface area contributed by atoms with Gasteiger partial charge in [0.2, 0.25) is 0 Å². The minimum Gasteiger partial charge on any atom is -0.330 e. The average Bonchev–Trinajstić information content (AvgIpc) is 3.01. The molecule has 0 fully saturated rings. The number of hydrogen-bond donors (Lipinski definition) is 0. The minimum atomic E-state index is -3.99. The summed E-state index contributed by atoms with van der Waals surface area (Å²) in [5.74, 6) is -0.246. The van der Waals surface area contributed by atoms with Gasteiger partial charge in [-0.15, -0.1) is 0 Å². The standard InChI is InChI=1S/C34H30N2O3S/c37-34(35(25-28-15-5-1-6-16-28)26-29-17-7-2-8-18-29)32-23-13-14-24-33(32)36(27-30-19-9-3-10-20-30)40(38,39)31-21-11-4-12-22-31/h1-24H,25-27H2. The molecule has 0 aliphatic heterocycles. The number of anilines is 1. The number of carbonyl (C=O) groups excluding carboxylic acids is 1. The molecule has 5 nitrogen and oxygen atoms in total. The SMILES string of the molecule is O=C(c1ccccc1N(Cc1ccccc1)S(=O)(=O)c1ccccc1)N(Cc1ccccc1)Cc1ccccc1. The van der Waals surface area contributed by atoms with Crippen molar-refractivity contribution in [1.82, 2.24) is 4.90 Å². The van der Waals surface area contributed by atoms with Crippen molar-refractivity contribution in [3.05, 3.63) is 168 Å². The average molecular weight is 547 g/mol. The van der Waals surface area contributed by atoms with Crippen molar-refractivity contribution in [2.45, 2.75) is 24.5 Å². The van der Waals surface area contributed by atoms with Crippen LogP contribution in [-0.4, -0.2) is 19.2 Å². The predicted molar refractivity (Wildman–Crippen MR) is 159 cm³/mol. The van der Waals surface area contributed by atoms with Crippen molar-refractivity contribution >= 4 is 21.6 Å². The van der Waals surface area contributed by atoms with E-state index >= 15 is 0 Å². The molecule has 0 N–H and O–H groups in total. The fourth-order valence-corrected chi connectivity index (χ4v) is 6.11. The topological polar surface area (TPSA) is 57.7 Å². The van der Waals surface area contributed by atoms with Crippen molar-refractivity contribution in [2.75, 3.05) is 4.31 Å². The van der Waals surface area contributed by atoms with E-state index in [1.165, 1.54) is 4.31 Å². The van der Waals surface area contributed by atoms with Crippen LogP contribution in [0.5, 0.6) is 0 Å². The summed E-state index contributed by atoms with van der Waals surface area (Å²) in [6, 6.07) is 44.3. The monoisotopic (exact) mass is 546 g/mol. The van der Waals surface area contributed by atoms with Crippen LogP contribution in [0.25, 0.3) is 0 Å². The zero-order valence-electron chi connectivity index (χ0n) is 22.0. The number of carbonyl (C=O) groups is 1. The Kier molecular flexibility index (Phi) is 8.38. The maximum atomic E-state index is 14.3. The van der Waals surface area contributed by atoms with Crippen molar-refractivity contribution in [2.24, 2.45) is 0 Å². The number of hydrogen-bond acceptors (Lipinski definition) is 3. The number of nitrogens with zero attached hydrogens (tertiary/aromatic N) is 2. The molecule has 5 aromatic carbocycles. The Morgan fingerprint density at radius 2 is 0.900 bits per heavy atom. The smallest absolute Gasteiger partial charge is 0.264 e. The molecule has 6 heteroatoms. The Morgan fingerprint density at radius 3 is 1.40 bits per heavy atom. The molecule has 40 heavy (non-hydrogen) atoms. The molecule has 0 aliphatic rings. The second-order valence-corrected chi connectivity index (χ2v) is 11.3. The van der Waals surface area contributed by atoms with Gasteiger partial charge >= 0.3 is 0 Å². The lowest BCUT2D eigenvalue weighted by atomic mass is 10.1. The first kappa shape index (κ1) is 26.9. The molecule has 0 unspecified atom stereocenters. The quantitative estimate of drug-likeness (QED) is 0.191. The molecule has 0 aromatic heterocycles. The van der Waals surface area contributed by atoms with Crippen LogP contribution in [0.1, 0.15) is 27.0 Å². The van der Waals surface area contributed by atoms with E-state index in [-0.39, 0.29) is 17.3 Å². The first-order valence-electron chi connectivity index (χ1n) is 13.1. The first-order valence-corrected chi connectivity index (χ1v) is 14.5. The molecular weight excluding hydrogens is 516 g/mol. The largest absolute Gasteiger partial charge is 0.330 e. The second kappa shape index (κ2) is 12.5. The van der Waals surface area contributed by atoms with Crippen molar-refractivity contribution < 1.29 is 13.2 Å². The zero-order chi connectivity index (χ0) is 27.8. The highest BCUT2D eigenvalue weighted by Gasteiger charge is 2.30. The van der Waals surface area contributed by atoms with E-state index in [9.17, 15) is 13.2 Å². The van der Waals surface area contributed by atoms with Crippen LogP contribution in [0.15, 0.2) is 150 Å². The lowest BCUT2D eigenvalue weighted by Gasteiger charge is -2.29. The summed E-state index contributed by atoms with van der Waals surface area (Å²) in [7, 11) is -3.99. The van der Waals surface area contributed by atoms with Gasteiger partial charge in [0.1, 0.15) is 0 Å². The van der Waals surface area contributed by atoms with Gasteiger partial charge in [-0.3, -0.25) is 9.10 Å². The number of sulfonamides is 1. The molecular formula is C34H30N2O3S. The normalized spacial score (nSPS) is 11.1. The van der Waals surface area contributed by atoms with Gasteiger partial charge in [0.05, 0.1) is 22.7 Å². The van der Waals surface area contributed by atoms with Crippen LogP contribution in [0.2, 0.25) is 0 Å². The molecule has 0 saturated carbocycles. The first-order chi connectivity index (χ1) is 19.5. The van der Waals surface area contributed by atoms with E-state index in [0.717, 1.165) is 16.7 Å². The van der Waals surface area contributed by atoms with Crippen molar-refractivity contribution in [3.8, 4) is 0 Å². The molecule has 0 bridgehead atoms. The summed E-state index contributed by atoms with van der Waals surface area (Å²) >= 11 is 0. The summed E-state index contributed by atoms with van der Waals surface area (Å²) in [6.45, 7) is 0.847. The van der Waals surface area contributed by atoms with Gasteiger partial charge in [0.15, 0.2) is 0 Å². The maximum absolute atomic E-state index is 14.3. The summed E-state index contributed by atoms with van der Waals surface area (Å²) in [5.41, 5.74) is 3.45. The number of amides is 1. The predicted octanol–water partition coefficient (Wildman–Crippen LogP) is 6.92. The van der Waals surface area contributed by atoms with Gasteiger partial charge in [0.25, 0.3) is 15.9 Å². The van der Waals surface area contributed by atoms with Gasteiger partial charge in [-0.1, -0.05) is 121 Å². The Morgan fingerprint density at radius 1 is 0.500 bits per heavy atom. The van der Waals surface area contributed by atoms with Gasteiger partial charge in [-0.05, 0) is 41.0 Å². The molecule has 0 aliphatic carbocycles. The third-order valence-electron chi connectivity index (χ3n) is 6.62. The fraction of sp³-hybridized carbons (Fsp3) is 0.0882. The van der Waals surface area contributed by atoms with Gasteiger partial charge < -0.3 is 4.90 Å². The van der Waals surface area contributed by atoms with Crippen molar-refractivity contribution in [3.63, 3.8) is 0 Å². The molecule has 0 saturated heterocycles. The lowest BCUT2D eigenvalue weighted by Crippen LogP contribution is -2.35. The Hall–Kier alpha value is -4.68. The Balaban J connectivity index is 1.59. The van der Waals surface area contributed by atoms with Crippen molar-refractivity contribution in [1.29, 1.82) is 0 Å². The number of para-hydroxylation sites is 1. The molecule has 5 rings (SSSR count). The highest BCUT2D eigenvalue weighted by atomic mass is 32.2. The third kappa shape index (κ3) is 6.30. The van der Waals surface area contributed by atoms with Crippen LogP contribution < -0.4 is 4.31 Å². The van der Waals surface area contributed by atoms with Crippen LogP contribution in [0, 0.1) is 0 Å². The third-order valence-corrected chi connectivity index (χ3v) is 8.40. The van der Waals surface area contributed by atoms with E-state index in [1.807, 2.05) is 91.0 Å². The van der Waals surface area contributed by atoms with Gasteiger partial charge in [-0.2, -0.15) is 0 Å². The molecule has 0 spiro atoms. The summed E-state index contributed by atoms with van der Waals surface area (Å²) in [6.07, 6.45) is 0. The molecule has 1 amide bonds. The summed E-state index contributed by atoms with van der Waals surface area (Å²) < 4.78 is 29.5. The summed E-state index contributed by atoms with van der Waals surface area (Å²) in [5, 5.41) is 0. The van der Waals surface area contributed by atoms with E-state index in [4.69, 9.17) is 0 Å². The number of rotatable bonds is 10. The van der Waals surface area contributed by atoms with E-state index in [2.05, 4.69) is 0 Å². The maximum Gasteiger partial charge on any atom is 0.264 e. The fourth-order valence-electron chi connectivity index (χ4n) is 4.62. The highest BCUT2D eigenvalue weighted by molar-refractivity contribution is 7.92. The lowest BCUT2D eigenvalue weighted by molar-refractivity contribution is 0.0731. The second-order valence-electron chi connectivity index (χ2n) is 9.46. The van der Waals surface area contributed by atoms with Gasteiger partial charge in [0, 0.05) is 13.1 Å². The van der Waals surface area contributed by atoms with E-state index < -0.39 is 10.0 Å². The Labute approximate surface area is 236 Å². The van der Waals surface area contributed by atoms with Crippen LogP contribution in [-0.2, 0) is 29.7 Å².